The van der Waals surface area contributed by atoms with Crippen LogP contribution in [0.4, 0.5) is 0 Å². The number of nitrogens with one attached hydrogen (secondary N) is 1. The molecule has 4 heteroatoms. The summed E-state index contributed by atoms with van der Waals surface area (Å²) in [4.78, 5) is 0. The first-order valence-corrected chi connectivity index (χ1v) is 5.17. The van der Waals surface area contributed by atoms with Crippen LogP contribution in [-0.2, 0) is 13.6 Å². The van der Waals surface area contributed by atoms with E-state index in [4.69, 9.17) is 0 Å². The molecule has 2 rings (SSSR count). The summed E-state index contributed by atoms with van der Waals surface area (Å²) < 4.78 is 1.85. The summed E-state index contributed by atoms with van der Waals surface area (Å²) in [5.41, 5.74) is 3.11. The van der Waals surface area contributed by atoms with Crippen molar-refractivity contribution in [3.63, 3.8) is 0 Å². The number of nitrogens with zero attached hydrogens (tertiary/aromatic N) is 2. The number of aryl methyl sites for hydroxylation is 1. The highest BCUT2D eigenvalue weighted by Crippen LogP contribution is 2.22. The van der Waals surface area contributed by atoms with Crippen LogP contribution in [0.5, 0.6) is 5.75 Å². The van der Waals surface area contributed by atoms with E-state index < -0.39 is 0 Å². The van der Waals surface area contributed by atoms with Crippen LogP contribution in [0, 0.1) is 0 Å². The molecule has 84 valence electrons. The van der Waals surface area contributed by atoms with Crippen molar-refractivity contribution in [1.82, 2.24) is 15.1 Å². The SMILES string of the molecule is CNCc1cc(-c2ccc(O)cc2)n(C)n1. The molecule has 0 saturated heterocycles. The Bertz CT molecular complexity index is 474. The lowest BCUT2D eigenvalue weighted by atomic mass is 10.1. The average Bonchev–Trinajstić information content (AvgIpc) is 2.61. The first-order valence-electron chi connectivity index (χ1n) is 5.17. The molecule has 0 radical (unpaired) electrons. The zero-order valence-electron chi connectivity index (χ0n) is 9.44. The van der Waals surface area contributed by atoms with Crippen LogP contribution >= 0.6 is 0 Å². The van der Waals surface area contributed by atoms with Gasteiger partial charge in [0.05, 0.1) is 11.4 Å². The van der Waals surface area contributed by atoms with Crippen molar-refractivity contribution in [2.45, 2.75) is 6.54 Å². The third-order valence-electron chi connectivity index (χ3n) is 2.45. The largest absolute Gasteiger partial charge is 0.508 e. The molecule has 0 atom stereocenters. The molecule has 1 aromatic heterocycles. The van der Waals surface area contributed by atoms with Crippen molar-refractivity contribution < 1.29 is 5.11 Å². The molecular formula is C12H15N3O. The molecule has 16 heavy (non-hydrogen) atoms. The molecule has 0 unspecified atom stereocenters. The van der Waals surface area contributed by atoms with E-state index in [1.165, 1.54) is 0 Å². The van der Waals surface area contributed by atoms with E-state index in [0.29, 0.717) is 0 Å². The molecule has 0 fully saturated rings. The molecule has 0 bridgehead atoms. The molecule has 1 aromatic carbocycles. The fourth-order valence-corrected chi connectivity index (χ4v) is 1.70. The Morgan fingerprint density at radius 1 is 1.31 bits per heavy atom. The quantitative estimate of drug-likeness (QED) is 0.819. The molecule has 0 aliphatic rings. The summed E-state index contributed by atoms with van der Waals surface area (Å²) in [7, 11) is 3.82. The average molecular weight is 217 g/mol. The topological polar surface area (TPSA) is 50.1 Å². The molecule has 0 spiro atoms. The Morgan fingerprint density at radius 2 is 2.00 bits per heavy atom. The van der Waals surface area contributed by atoms with Crippen molar-refractivity contribution in [3.8, 4) is 17.0 Å². The monoisotopic (exact) mass is 217 g/mol. The smallest absolute Gasteiger partial charge is 0.115 e. The second-order valence-electron chi connectivity index (χ2n) is 3.72. The van der Waals surface area contributed by atoms with E-state index in [-0.39, 0.29) is 5.75 Å². The van der Waals surface area contributed by atoms with E-state index in [2.05, 4.69) is 10.4 Å². The van der Waals surface area contributed by atoms with Gasteiger partial charge in [0.2, 0.25) is 0 Å². The zero-order chi connectivity index (χ0) is 11.5. The Morgan fingerprint density at radius 3 is 2.62 bits per heavy atom. The van der Waals surface area contributed by atoms with Gasteiger partial charge in [-0.25, -0.2) is 0 Å². The molecule has 2 aromatic rings. The van der Waals surface area contributed by atoms with Crippen LogP contribution in [0.15, 0.2) is 30.3 Å². The van der Waals surface area contributed by atoms with Gasteiger partial charge in [0.1, 0.15) is 5.75 Å². The van der Waals surface area contributed by atoms with E-state index in [0.717, 1.165) is 23.5 Å². The lowest BCUT2D eigenvalue weighted by Crippen LogP contribution is -2.05. The highest BCUT2D eigenvalue weighted by molar-refractivity contribution is 5.60. The van der Waals surface area contributed by atoms with Gasteiger partial charge in [-0.15, -0.1) is 0 Å². The number of rotatable bonds is 3. The Balaban J connectivity index is 2.36. The molecule has 2 N–H and O–H groups in total. The van der Waals surface area contributed by atoms with E-state index in [1.807, 2.05) is 37.0 Å². The van der Waals surface area contributed by atoms with Crippen molar-refractivity contribution in [3.05, 3.63) is 36.0 Å². The number of aromatic nitrogens is 2. The Labute approximate surface area is 94.5 Å². The summed E-state index contributed by atoms with van der Waals surface area (Å²) in [6.45, 7) is 0.756. The number of phenols is 1. The van der Waals surface area contributed by atoms with Crippen LogP contribution in [0.2, 0.25) is 0 Å². The van der Waals surface area contributed by atoms with Crippen molar-refractivity contribution >= 4 is 0 Å². The number of phenolic OH excluding ortho intramolecular Hbond substituents is 1. The standard InChI is InChI=1S/C12H15N3O/c1-13-8-10-7-12(15(2)14-10)9-3-5-11(16)6-4-9/h3-7,13,16H,8H2,1-2H3. The third kappa shape index (κ3) is 2.06. The van der Waals surface area contributed by atoms with Gasteiger partial charge >= 0.3 is 0 Å². The number of hydrogen-bond acceptors (Lipinski definition) is 3. The normalized spacial score (nSPS) is 10.6. The predicted molar refractivity (Wildman–Crippen MR) is 63.1 cm³/mol. The van der Waals surface area contributed by atoms with E-state index in [1.54, 1.807) is 12.1 Å². The molecule has 0 aliphatic carbocycles. The minimum atomic E-state index is 0.279. The number of hydrogen-bond donors (Lipinski definition) is 2. The van der Waals surface area contributed by atoms with E-state index in [9.17, 15) is 5.11 Å². The maximum Gasteiger partial charge on any atom is 0.115 e. The fourth-order valence-electron chi connectivity index (χ4n) is 1.70. The Hall–Kier alpha value is -1.81. The summed E-state index contributed by atoms with van der Waals surface area (Å²) in [5, 5.41) is 16.7. The van der Waals surface area contributed by atoms with E-state index >= 15 is 0 Å². The summed E-state index contributed by atoms with van der Waals surface area (Å²) in [6, 6.07) is 9.17. The first-order chi connectivity index (χ1) is 7.70. The predicted octanol–water partition coefficient (Wildman–Crippen LogP) is 1.51. The lowest BCUT2D eigenvalue weighted by molar-refractivity contribution is 0.475. The van der Waals surface area contributed by atoms with Crippen LogP contribution < -0.4 is 5.32 Å². The van der Waals surface area contributed by atoms with Gasteiger partial charge in [0.25, 0.3) is 0 Å². The Kier molecular flexibility index (Phi) is 2.92. The minimum absolute atomic E-state index is 0.279. The highest BCUT2D eigenvalue weighted by atomic mass is 16.3. The first kappa shape index (κ1) is 10.7. The molecule has 0 saturated carbocycles. The minimum Gasteiger partial charge on any atom is -0.508 e. The molecule has 0 aliphatic heterocycles. The second kappa shape index (κ2) is 4.37. The van der Waals surface area contributed by atoms with Gasteiger partial charge in [-0.1, -0.05) is 0 Å². The molecule has 1 heterocycles. The van der Waals surface area contributed by atoms with Gasteiger partial charge in [-0.05, 0) is 37.4 Å². The lowest BCUT2D eigenvalue weighted by Gasteiger charge is -2.01. The summed E-state index contributed by atoms with van der Waals surface area (Å²) in [6.07, 6.45) is 0. The summed E-state index contributed by atoms with van der Waals surface area (Å²) in [5.74, 6) is 0.279. The van der Waals surface area contributed by atoms with Gasteiger partial charge < -0.3 is 10.4 Å². The van der Waals surface area contributed by atoms with Crippen molar-refractivity contribution in [2.75, 3.05) is 7.05 Å². The number of benzene rings is 1. The van der Waals surface area contributed by atoms with Crippen LogP contribution in [-0.4, -0.2) is 21.9 Å². The van der Waals surface area contributed by atoms with Gasteiger partial charge in [0.15, 0.2) is 0 Å². The zero-order valence-corrected chi connectivity index (χ0v) is 9.44. The van der Waals surface area contributed by atoms with Crippen LogP contribution in [0.3, 0.4) is 0 Å². The van der Waals surface area contributed by atoms with Gasteiger partial charge in [0, 0.05) is 19.2 Å². The fraction of sp³-hybridized carbons (Fsp3) is 0.250. The molecule has 0 amide bonds. The highest BCUT2D eigenvalue weighted by Gasteiger charge is 2.06. The van der Waals surface area contributed by atoms with Crippen LogP contribution in [0.25, 0.3) is 11.3 Å². The second-order valence-corrected chi connectivity index (χ2v) is 3.72. The summed E-state index contributed by atoms with van der Waals surface area (Å²) >= 11 is 0. The van der Waals surface area contributed by atoms with Crippen LogP contribution in [0.1, 0.15) is 5.69 Å². The van der Waals surface area contributed by atoms with Gasteiger partial charge in [-0.2, -0.15) is 5.10 Å². The molecule has 4 nitrogen and oxygen atoms in total. The van der Waals surface area contributed by atoms with Crippen molar-refractivity contribution in [2.24, 2.45) is 7.05 Å². The van der Waals surface area contributed by atoms with Gasteiger partial charge in [-0.3, -0.25) is 4.68 Å². The maximum atomic E-state index is 9.23. The molecular weight excluding hydrogens is 202 g/mol. The van der Waals surface area contributed by atoms with Crippen molar-refractivity contribution in [1.29, 1.82) is 0 Å². The maximum absolute atomic E-state index is 9.23. The number of aromatic hydroxyl groups is 1. The third-order valence-corrected chi connectivity index (χ3v) is 2.45.